The number of amides is 1. The van der Waals surface area contributed by atoms with E-state index in [1.165, 1.54) is 59.5 Å². The Kier molecular flexibility index (Phi) is 7.19. The maximum Gasteiger partial charge on any atom is 0.270 e. The third-order valence-corrected chi connectivity index (χ3v) is 6.06. The zero-order valence-corrected chi connectivity index (χ0v) is 18.2. The van der Waals surface area contributed by atoms with Gasteiger partial charge in [-0.2, -0.15) is 0 Å². The van der Waals surface area contributed by atoms with E-state index in [2.05, 4.69) is 11.3 Å². The Bertz CT molecular complexity index is 1290. The minimum Gasteiger partial charge on any atom is -0.331 e. The fourth-order valence-corrected chi connectivity index (χ4v) is 4.15. The van der Waals surface area contributed by atoms with E-state index in [-0.39, 0.29) is 40.8 Å². The first kappa shape index (κ1) is 23.6. The van der Waals surface area contributed by atoms with Crippen LogP contribution in [0.3, 0.4) is 0 Å². The van der Waals surface area contributed by atoms with Crippen molar-refractivity contribution >= 4 is 27.3 Å². The van der Waals surface area contributed by atoms with Crippen LogP contribution in [0.15, 0.2) is 90.3 Å². The van der Waals surface area contributed by atoms with E-state index in [0.717, 1.165) is 6.07 Å². The van der Waals surface area contributed by atoms with Gasteiger partial charge in [-0.25, -0.2) is 12.8 Å². The maximum atomic E-state index is 14.0. The van der Waals surface area contributed by atoms with E-state index in [9.17, 15) is 27.7 Å². The number of nitrogens with zero attached hydrogens (tertiary/aromatic N) is 2. The van der Waals surface area contributed by atoms with Crippen LogP contribution in [-0.2, 0) is 16.6 Å². The third-order valence-electron chi connectivity index (χ3n) is 4.68. The summed E-state index contributed by atoms with van der Waals surface area (Å²) in [6.45, 7) is 3.86. The van der Waals surface area contributed by atoms with Crippen molar-refractivity contribution in [3.05, 3.63) is 113 Å². The molecule has 0 aliphatic carbocycles. The highest BCUT2D eigenvalue weighted by Gasteiger charge is 2.19. The normalized spacial score (nSPS) is 10.9. The van der Waals surface area contributed by atoms with Crippen LogP contribution in [0.1, 0.15) is 15.9 Å². The number of hydrogen-bond acceptors (Lipinski definition) is 5. The highest BCUT2D eigenvalue weighted by molar-refractivity contribution is 7.92. The van der Waals surface area contributed by atoms with Gasteiger partial charge >= 0.3 is 0 Å². The first-order chi connectivity index (χ1) is 15.7. The molecule has 1 amide bonds. The lowest BCUT2D eigenvalue weighted by atomic mass is 10.1. The van der Waals surface area contributed by atoms with Crippen molar-refractivity contribution in [1.29, 1.82) is 0 Å². The SMILES string of the molecule is C=CCN(Cc1ccccc1F)C(=O)c1ccc(NS(=O)(=O)c2cccc([N+](=O)[O-])c2)cc1. The number of hydrogen-bond donors (Lipinski definition) is 1. The molecule has 0 unspecified atom stereocenters. The lowest BCUT2D eigenvalue weighted by molar-refractivity contribution is -0.385. The predicted octanol–water partition coefficient (Wildman–Crippen LogP) is 4.36. The Morgan fingerprint density at radius 1 is 1.09 bits per heavy atom. The lowest BCUT2D eigenvalue weighted by Gasteiger charge is -2.22. The van der Waals surface area contributed by atoms with Gasteiger partial charge in [-0.05, 0) is 36.4 Å². The molecule has 3 aromatic carbocycles. The number of nitro benzene ring substituents is 1. The molecule has 0 aliphatic heterocycles. The number of halogens is 1. The molecular formula is C23H20FN3O5S. The van der Waals surface area contributed by atoms with E-state index in [0.29, 0.717) is 5.56 Å². The van der Waals surface area contributed by atoms with Gasteiger partial charge in [-0.15, -0.1) is 6.58 Å². The molecule has 0 radical (unpaired) electrons. The first-order valence-corrected chi connectivity index (χ1v) is 11.2. The number of anilines is 1. The Balaban J connectivity index is 1.77. The van der Waals surface area contributed by atoms with E-state index in [1.54, 1.807) is 18.2 Å². The van der Waals surface area contributed by atoms with E-state index >= 15 is 0 Å². The van der Waals surface area contributed by atoms with Crippen molar-refractivity contribution in [2.24, 2.45) is 0 Å². The number of benzene rings is 3. The van der Waals surface area contributed by atoms with Crippen LogP contribution in [0.4, 0.5) is 15.8 Å². The standard InChI is InChI=1S/C23H20FN3O5S/c1-2-14-26(16-18-6-3-4-9-22(18)24)23(28)17-10-12-19(13-11-17)25-33(31,32)21-8-5-7-20(15-21)27(29)30/h2-13,15,25H,1,14,16H2. The molecule has 170 valence electrons. The van der Waals surface area contributed by atoms with Crippen molar-refractivity contribution in [2.75, 3.05) is 11.3 Å². The minimum absolute atomic E-state index is 0.0404. The van der Waals surface area contributed by atoms with Crippen LogP contribution in [-0.4, -0.2) is 30.7 Å². The van der Waals surface area contributed by atoms with Crippen LogP contribution in [0.5, 0.6) is 0 Å². The van der Waals surface area contributed by atoms with Crippen LogP contribution >= 0.6 is 0 Å². The summed E-state index contributed by atoms with van der Waals surface area (Å²) in [5, 5.41) is 10.9. The Hall–Kier alpha value is -4.05. The van der Waals surface area contributed by atoms with Crippen molar-refractivity contribution in [2.45, 2.75) is 11.4 Å². The smallest absolute Gasteiger partial charge is 0.270 e. The predicted molar refractivity (Wildman–Crippen MR) is 122 cm³/mol. The number of nitro groups is 1. The number of rotatable bonds is 9. The topological polar surface area (TPSA) is 110 Å². The summed E-state index contributed by atoms with van der Waals surface area (Å²) >= 11 is 0. The zero-order chi connectivity index (χ0) is 24.0. The lowest BCUT2D eigenvalue weighted by Crippen LogP contribution is -2.31. The monoisotopic (exact) mass is 469 g/mol. The Labute approximate surface area is 190 Å². The highest BCUT2D eigenvalue weighted by Crippen LogP contribution is 2.21. The fraction of sp³-hybridized carbons (Fsp3) is 0.0870. The highest BCUT2D eigenvalue weighted by atomic mass is 32.2. The molecule has 0 bridgehead atoms. The summed E-state index contributed by atoms with van der Waals surface area (Å²) < 4.78 is 41.5. The molecule has 0 fully saturated rings. The van der Waals surface area contributed by atoms with Gasteiger partial charge in [0, 0.05) is 42.0 Å². The van der Waals surface area contributed by atoms with Crippen molar-refractivity contribution < 1.29 is 22.5 Å². The van der Waals surface area contributed by atoms with E-state index in [1.807, 2.05) is 0 Å². The third kappa shape index (κ3) is 5.80. The van der Waals surface area contributed by atoms with E-state index < -0.39 is 20.8 Å². The maximum absolute atomic E-state index is 14.0. The van der Waals surface area contributed by atoms with Gasteiger partial charge in [0.1, 0.15) is 5.82 Å². The number of non-ortho nitro benzene ring substituents is 1. The summed E-state index contributed by atoms with van der Waals surface area (Å²) in [7, 11) is -4.08. The van der Waals surface area contributed by atoms with Crippen LogP contribution in [0.25, 0.3) is 0 Å². The van der Waals surface area contributed by atoms with Gasteiger partial charge in [-0.3, -0.25) is 19.6 Å². The molecule has 0 saturated carbocycles. The molecule has 0 aromatic heterocycles. The van der Waals surface area contributed by atoms with Crippen molar-refractivity contribution in [3.63, 3.8) is 0 Å². The molecule has 3 rings (SSSR count). The van der Waals surface area contributed by atoms with E-state index in [4.69, 9.17) is 0 Å². The molecule has 3 aromatic rings. The largest absolute Gasteiger partial charge is 0.331 e. The zero-order valence-electron chi connectivity index (χ0n) is 17.3. The number of carbonyl (C=O) groups excluding carboxylic acids is 1. The molecule has 0 spiro atoms. The van der Waals surface area contributed by atoms with Crippen LogP contribution < -0.4 is 4.72 Å². The summed E-state index contributed by atoms with van der Waals surface area (Å²) in [5.41, 5.74) is 0.443. The molecule has 33 heavy (non-hydrogen) atoms. The molecule has 0 saturated heterocycles. The van der Waals surface area contributed by atoms with Crippen molar-refractivity contribution in [1.82, 2.24) is 4.90 Å². The van der Waals surface area contributed by atoms with Gasteiger partial charge < -0.3 is 4.90 Å². The Morgan fingerprint density at radius 2 is 1.79 bits per heavy atom. The molecule has 0 heterocycles. The van der Waals surface area contributed by atoms with Crippen LogP contribution in [0.2, 0.25) is 0 Å². The molecular weight excluding hydrogens is 449 g/mol. The molecule has 8 nitrogen and oxygen atoms in total. The van der Waals surface area contributed by atoms with Crippen LogP contribution in [0, 0.1) is 15.9 Å². The van der Waals surface area contributed by atoms with Gasteiger partial charge in [-0.1, -0.05) is 30.3 Å². The first-order valence-electron chi connectivity index (χ1n) is 9.72. The molecule has 0 aliphatic rings. The average molecular weight is 469 g/mol. The fourth-order valence-electron chi connectivity index (χ4n) is 3.05. The van der Waals surface area contributed by atoms with Gasteiger partial charge in [0.05, 0.1) is 9.82 Å². The minimum atomic E-state index is -4.08. The molecule has 10 heteroatoms. The second-order valence-corrected chi connectivity index (χ2v) is 8.69. The second kappa shape index (κ2) is 10.0. The number of sulfonamides is 1. The summed E-state index contributed by atoms with van der Waals surface area (Å²) in [6, 6.07) is 16.5. The number of carbonyl (C=O) groups is 1. The Morgan fingerprint density at radius 3 is 2.42 bits per heavy atom. The quantitative estimate of drug-likeness (QED) is 0.284. The van der Waals surface area contributed by atoms with Gasteiger partial charge in [0.2, 0.25) is 0 Å². The average Bonchev–Trinajstić information content (AvgIpc) is 2.80. The summed E-state index contributed by atoms with van der Waals surface area (Å²) in [6.07, 6.45) is 1.53. The molecule has 1 N–H and O–H groups in total. The van der Waals surface area contributed by atoms with Gasteiger partial charge in [0.15, 0.2) is 0 Å². The summed E-state index contributed by atoms with van der Waals surface area (Å²) in [4.78, 5) is 24.3. The summed E-state index contributed by atoms with van der Waals surface area (Å²) in [5.74, 6) is -0.809. The van der Waals surface area contributed by atoms with Crippen molar-refractivity contribution in [3.8, 4) is 0 Å². The van der Waals surface area contributed by atoms with Gasteiger partial charge in [0.25, 0.3) is 21.6 Å². The second-order valence-electron chi connectivity index (χ2n) is 7.00. The number of nitrogens with one attached hydrogen (secondary N) is 1. The molecule has 0 atom stereocenters.